The lowest BCUT2D eigenvalue weighted by Gasteiger charge is -2.08. The minimum absolute atomic E-state index is 0.323. The van der Waals surface area contributed by atoms with Gasteiger partial charge in [-0.2, -0.15) is 0 Å². The molecule has 0 fully saturated rings. The number of benzene rings is 1. The lowest BCUT2D eigenvalue weighted by atomic mass is 10.1. The minimum Gasteiger partial charge on any atom is -0.345 e. The molecule has 0 aliphatic rings. The van der Waals surface area contributed by atoms with Gasteiger partial charge in [-0.15, -0.1) is 0 Å². The summed E-state index contributed by atoms with van der Waals surface area (Å²) in [5, 5.41) is 0. The molecular formula is C12H18N2O2. The highest BCUT2D eigenvalue weighted by Crippen LogP contribution is 2.06. The molecule has 0 radical (unpaired) electrons. The molecule has 0 bridgehead atoms. The van der Waals surface area contributed by atoms with Gasteiger partial charge in [-0.05, 0) is 12.5 Å². The van der Waals surface area contributed by atoms with Gasteiger partial charge in [0.2, 0.25) is 0 Å². The quantitative estimate of drug-likeness (QED) is 0.368. The van der Waals surface area contributed by atoms with Crippen LogP contribution >= 0.6 is 0 Å². The summed E-state index contributed by atoms with van der Waals surface area (Å²) in [7, 11) is 1.63. The van der Waals surface area contributed by atoms with Crippen LogP contribution in [-0.2, 0) is 9.63 Å². The zero-order valence-electron chi connectivity index (χ0n) is 10.2. The van der Waals surface area contributed by atoms with E-state index >= 15 is 0 Å². The van der Waals surface area contributed by atoms with Crippen LogP contribution in [0.5, 0.6) is 0 Å². The Morgan fingerprint density at radius 3 is 2.50 bits per heavy atom. The fraction of sp³-hybridized carbons (Fsp3) is 0.333. The molecule has 1 rings (SSSR count). The molecule has 1 N–H and O–H groups in total. The van der Waals surface area contributed by atoms with Crippen LogP contribution in [0, 0.1) is 6.92 Å². The highest BCUT2D eigenvalue weighted by Gasteiger charge is 2.04. The molecule has 0 aromatic heterocycles. The van der Waals surface area contributed by atoms with Crippen molar-refractivity contribution in [1.29, 1.82) is 0 Å². The molecule has 4 nitrogen and oxygen atoms in total. The first-order valence-corrected chi connectivity index (χ1v) is 5.17. The SMILES string of the molecule is CC.CN=C(NOC=O)c1ccccc1C. The molecule has 1 aromatic carbocycles. The second kappa shape index (κ2) is 8.47. The third kappa shape index (κ3) is 4.13. The summed E-state index contributed by atoms with van der Waals surface area (Å²) in [5.74, 6) is 0.537. The molecule has 0 atom stereocenters. The summed E-state index contributed by atoms with van der Waals surface area (Å²) in [6.07, 6.45) is 0. The van der Waals surface area contributed by atoms with Gasteiger partial charge in [0, 0.05) is 12.6 Å². The number of rotatable bonds is 3. The number of nitrogens with one attached hydrogen (secondary N) is 1. The fourth-order valence-corrected chi connectivity index (χ4v) is 1.14. The van der Waals surface area contributed by atoms with Crippen molar-refractivity contribution in [3.63, 3.8) is 0 Å². The second-order valence-corrected chi connectivity index (χ2v) is 2.70. The van der Waals surface area contributed by atoms with Crippen molar-refractivity contribution in [1.82, 2.24) is 5.48 Å². The van der Waals surface area contributed by atoms with Crippen LogP contribution in [-0.4, -0.2) is 19.4 Å². The minimum atomic E-state index is 0.323. The normalized spacial score (nSPS) is 9.88. The van der Waals surface area contributed by atoms with Crippen LogP contribution in [0.4, 0.5) is 0 Å². The van der Waals surface area contributed by atoms with Crippen molar-refractivity contribution >= 4 is 12.3 Å². The van der Waals surface area contributed by atoms with Gasteiger partial charge >= 0.3 is 6.47 Å². The third-order valence-electron chi connectivity index (χ3n) is 1.83. The van der Waals surface area contributed by atoms with Crippen molar-refractivity contribution in [2.24, 2.45) is 4.99 Å². The Balaban J connectivity index is 0.00000106. The fourth-order valence-electron chi connectivity index (χ4n) is 1.14. The van der Waals surface area contributed by atoms with Gasteiger partial charge in [-0.1, -0.05) is 38.1 Å². The molecule has 1 aromatic rings. The van der Waals surface area contributed by atoms with Gasteiger partial charge in [-0.3, -0.25) is 9.79 Å². The number of carbonyl (C=O) groups is 1. The maximum absolute atomic E-state index is 10.0. The van der Waals surface area contributed by atoms with Gasteiger partial charge in [-0.25, -0.2) is 5.48 Å². The number of hydrogen-bond acceptors (Lipinski definition) is 3. The Morgan fingerprint density at radius 1 is 1.38 bits per heavy atom. The van der Waals surface area contributed by atoms with Crippen molar-refractivity contribution in [3.05, 3.63) is 35.4 Å². The average molecular weight is 222 g/mol. The zero-order chi connectivity index (χ0) is 12.4. The number of amidine groups is 1. The summed E-state index contributed by atoms with van der Waals surface area (Å²) in [5.41, 5.74) is 4.44. The average Bonchev–Trinajstić information content (AvgIpc) is 2.35. The van der Waals surface area contributed by atoms with Gasteiger partial charge < -0.3 is 4.84 Å². The van der Waals surface area contributed by atoms with Gasteiger partial charge in [0.05, 0.1) is 0 Å². The van der Waals surface area contributed by atoms with E-state index in [9.17, 15) is 4.79 Å². The molecular weight excluding hydrogens is 204 g/mol. The molecule has 88 valence electrons. The highest BCUT2D eigenvalue weighted by atomic mass is 16.7. The van der Waals surface area contributed by atoms with E-state index in [0.717, 1.165) is 11.1 Å². The largest absolute Gasteiger partial charge is 0.345 e. The van der Waals surface area contributed by atoms with E-state index in [-0.39, 0.29) is 0 Å². The van der Waals surface area contributed by atoms with E-state index in [4.69, 9.17) is 0 Å². The second-order valence-electron chi connectivity index (χ2n) is 2.70. The Labute approximate surface area is 96.3 Å². The monoisotopic (exact) mass is 222 g/mol. The topological polar surface area (TPSA) is 50.7 Å². The lowest BCUT2D eigenvalue weighted by Crippen LogP contribution is -2.24. The molecule has 0 heterocycles. The number of aryl methyl sites for hydroxylation is 1. The van der Waals surface area contributed by atoms with E-state index < -0.39 is 0 Å². The Hall–Kier alpha value is -1.84. The molecule has 0 spiro atoms. The van der Waals surface area contributed by atoms with Crippen LogP contribution in [0.1, 0.15) is 25.0 Å². The first kappa shape index (κ1) is 14.2. The van der Waals surface area contributed by atoms with Crippen LogP contribution in [0.15, 0.2) is 29.3 Å². The lowest BCUT2D eigenvalue weighted by molar-refractivity contribution is -0.132. The smallest absolute Gasteiger partial charge is 0.320 e. The first-order chi connectivity index (χ1) is 7.79. The Morgan fingerprint density at radius 2 is 2.00 bits per heavy atom. The van der Waals surface area contributed by atoms with Crippen LogP contribution in [0.2, 0.25) is 0 Å². The third-order valence-corrected chi connectivity index (χ3v) is 1.83. The van der Waals surface area contributed by atoms with E-state index in [1.54, 1.807) is 7.05 Å². The Bertz CT molecular complexity index is 349. The van der Waals surface area contributed by atoms with E-state index in [1.807, 2.05) is 45.0 Å². The summed E-state index contributed by atoms with van der Waals surface area (Å²) in [6.45, 7) is 6.28. The van der Waals surface area contributed by atoms with Crippen LogP contribution in [0.3, 0.4) is 0 Å². The summed E-state index contributed by atoms with van der Waals surface area (Å²) in [6, 6.07) is 7.70. The molecule has 0 unspecified atom stereocenters. The number of hydroxylamine groups is 1. The van der Waals surface area contributed by atoms with Gasteiger partial charge in [0.25, 0.3) is 0 Å². The predicted molar refractivity (Wildman–Crippen MR) is 65.3 cm³/mol. The molecule has 16 heavy (non-hydrogen) atoms. The molecule has 0 aliphatic carbocycles. The van der Waals surface area contributed by atoms with Crippen molar-refractivity contribution in [3.8, 4) is 0 Å². The number of nitrogens with zero attached hydrogens (tertiary/aromatic N) is 1. The predicted octanol–water partition coefficient (Wildman–Crippen LogP) is 2.08. The number of aliphatic imine (C=N–C) groups is 1. The van der Waals surface area contributed by atoms with Crippen LogP contribution in [0.25, 0.3) is 0 Å². The maximum Gasteiger partial charge on any atom is 0.320 e. The number of hydrogen-bond donors (Lipinski definition) is 1. The van der Waals surface area contributed by atoms with Crippen molar-refractivity contribution < 1.29 is 9.63 Å². The van der Waals surface area contributed by atoms with E-state index in [1.165, 1.54) is 0 Å². The summed E-state index contributed by atoms with van der Waals surface area (Å²) in [4.78, 5) is 18.4. The van der Waals surface area contributed by atoms with Crippen molar-refractivity contribution in [2.45, 2.75) is 20.8 Å². The van der Waals surface area contributed by atoms with Crippen molar-refractivity contribution in [2.75, 3.05) is 7.05 Å². The molecule has 0 saturated heterocycles. The molecule has 0 saturated carbocycles. The molecule has 0 aliphatic heterocycles. The summed E-state index contributed by atoms with van der Waals surface area (Å²) < 4.78 is 0. The van der Waals surface area contributed by atoms with Gasteiger partial charge in [0.15, 0.2) is 5.84 Å². The van der Waals surface area contributed by atoms with E-state index in [0.29, 0.717) is 12.3 Å². The zero-order valence-corrected chi connectivity index (χ0v) is 10.2. The standard InChI is InChI=1S/C10H12N2O2.C2H6/c1-8-5-3-4-6-9(8)10(11-2)12-14-7-13;1-2/h3-7H,1-2H3,(H,11,12);1-2H3. The Kier molecular flexibility index (Phi) is 7.49. The molecule has 4 heteroatoms. The highest BCUT2D eigenvalue weighted by molar-refractivity contribution is 5.99. The maximum atomic E-state index is 10.0. The summed E-state index contributed by atoms with van der Waals surface area (Å²) >= 11 is 0. The number of carbonyl (C=O) groups excluding carboxylic acids is 1. The van der Waals surface area contributed by atoms with E-state index in [2.05, 4.69) is 15.3 Å². The first-order valence-electron chi connectivity index (χ1n) is 5.17. The van der Waals surface area contributed by atoms with Gasteiger partial charge in [0.1, 0.15) is 0 Å². The molecule has 0 amide bonds. The van der Waals surface area contributed by atoms with Crippen LogP contribution < -0.4 is 5.48 Å².